The minimum Gasteiger partial charge on any atom is -0.312 e. The van der Waals surface area contributed by atoms with E-state index in [0.717, 1.165) is 18.6 Å². The molecule has 2 fully saturated rings. The van der Waals surface area contributed by atoms with Crippen molar-refractivity contribution >= 4 is 0 Å². The SMILES string of the molecule is CC(C)N1C2CCC(C2)NCC1(C)C. The smallest absolute Gasteiger partial charge is 0.0283 e. The lowest BCUT2D eigenvalue weighted by atomic mass is 9.97. The molecule has 2 rings (SSSR count). The fourth-order valence-corrected chi connectivity index (χ4v) is 3.50. The second-order valence-electron chi connectivity index (χ2n) is 5.86. The summed E-state index contributed by atoms with van der Waals surface area (Å²) in [6, 6.07) is 2.29. The van der Waals surface area contributed by atoms with Gasteiger partial charge in [-0.2, -0.15) is 0 Å². The molecule has 0 amide bonds. The Bertz CT molecular complexity index is 210. The normalized spacial score (nSPS) is 37.5. The summed E-state index contributed by atoms with van der Waals surface area (Å²) in [5.41, 5.74) is 0.327. The Morgan fingerprint density at radius 2 is 2.00 bits per heavy atom. The van der Waals surface area contributed by atoms with Crippen LogP contribution in [0.3, 0.4) is 0 Å². The zero-order chi connectivity index (χ0) is 10.3. The highest BCUT2D eigenvalue weighted by atomic mass is 15.3. The molecule has 1 N–H and O–H groups in total. The Hall–Kier alpha value is -0.0800. The highest BCUT2D eigenvalue weighted by Crippen LogP contribution is 2.34. The summed E-state index contributed by atoms with van der Waals surface area (Å²) in [5, 5.41) is 3.71. The van der Waals surface area contributed by atoms with Crippen LogP contribution in [0, 0.1) is 0 Å². The maximum atomic E-state index is 3.71. The van der Waals surface area contributed by atoms with Crippen LogP contribution in [-0.2, 0) is 0 Å². The number of nitrogens with one attached hydrogen (secondary N) is 1. The summed E-state index contributed by atoms with van der Waals surface area (Å²) in [6.45, 7) is 10.6. The fraction of sp³-hybridized carbons (Fsp3) is 1.00. The van der Waals surface area contributed by atoms with E-state index in [0.29, 0.717) is 11.6 Å². The lowest BCUT2D eigenvalue weighted by Gasteiger charge is -2.44. The molecule has 0 aromatic heterocycles. The van der Waals surface area contributed by atoms with Crippen molar-refractivity contribution in [3.05, 3.63) is 0 Å². The first-order valence-electron chi connectivity index (χ1n) is 6.02. The van der Waals surface area contributed by atoms with Gasteiger partial charge in [-0.25, -0.2) is 0 Å². The Kier molecular flexibility index (Phi) is 2.61. The van der Waals surface area contributed by atoms with Gasteiger partial charge in [-0.3, -0.25) is 4.90 Å². The highest BCUT2D eigenvalue weighted by molar-refractivity contribution is 4.99. The summed E-state index contributed by atoms with van der Waals surface area (Å²) in [4.78, 5) is 2.73. The molecule has 1 saturated heterocycles. The summed E-state index contributed by atoms with van der Waals surface area (Å²) in [5.74, 6) is 0. The molecule has 1 saturated carbocycles. The van der Waals surface area contributed by atoms with E-state index in [1.165, 1.54) is 19.3 Å². The van der Waals surface area contributed by atoms with Crippen LogP contribution in [0.4, 0.5) is 0 Å². The van der Waals surface area contributed by atoms with Crippen molar-refractivity contribution in [2.75, 3.05) is 6.54 Å². The molecule has 0 spiro atoms. The van der Waals surface area contributed by atoms with Crippen LogP contribution < -0.4 is 5.32 Å². The first kappa shape index (κ1) is 10.4. The molecule has 1 aliphatic carbocycles. The Morgan fingerprint density at radius 3 is 2.64 bits per heavy atom. The van der Waals surface area contributed by atoms with E-state index in [9.17, 15) is 0 Å². The van der Waals surface area contributed by atoms with Crippen LogP contribution in [0.15, 0.2) is 0 Å². The van der Waals surface area contributed by atoms with Crippen LogP contribution in [-0.4, -0.2) is 35.1 Å². The van der Waals surface area contributed by atoms with Crippen molar-refractivity contribution in [3.8, 4) is 0 Å². The van der Waals surface area contributed by atoms with Gasteiger partial charge in [-0.15, -0.1) is 0 Å². The maximum absolute atomic E-state index is 3.71. The number of hydrogen-bond acceptors (Lipinski definition) is 2. The van der Waals surface area contributed by atoms with E-state index < -0.39 is 0 Å². The molecular formula is C12H24N2. The third-order valence-electron chi connectivity index (χ3n) is 3.88. The molecule has 0 aromatic rings. The van der Waals surface area contributed by atoms with Crippen LogP contribution >= 0.6 is 0 Å². The largest absolute Gasteiger partial charge is 0.312 e. The molecule has 1 aliphatic heterocycles. The van der Waals surface area contributed by atoms with Crippen molar-refractivity contribution in [1.82, 2.24) is 10.2 Å². The molecule has 2 bridgehead atoms. The van der Waals surface area contributed by atoms with E-state index in [1.54, 1.807) is 0 Å². The molecule has 2 unspecified atom stereocenters. The zero-order valence-electron chi connectivity index (χ0n) is 10.0. The van der Waals surface area contributed by atoms with Crippen molar-refractivity contribution in [2.24, 2.45) is 0 Å². The van der Waals surface area contributed by atoms with E-state index in [1.807, 2.05) is 0 Å². The van der Waals surface area contributed by atoms with Crippen LogP contribution in [0.2, 0.25) is 0 Å². The molecule has 82 valence electrons. The average Bonchev–Trinajstić information content (AvgIpc) is 2.42. The number of hydrogen-bond donors (Lipinski definition) is 1. The lowest BCUT2D eigenvalue weighted by molar-refractivity contribution is 0.0463. The van der Waals surface area contributed by atoms with Gasteiger partial charge in [0.05, 0.1) is 0 Å². The third kappa shape index (κ3) is 1.70. The zero-order valence-corrected chi connectivity index (χ0v) is 10.0. The van der Waals surface area contributed by atoms with Gasteiger partial charge in [0.25, 0.3) is 0 Å². The van der Waals surface area contributed by atoms with E-state index in [-0.39, 0.29) is 0 Å². The molecule has 14 heavy (non-hydrogen) atoms. The number of nitrogens with zero attached hydrogens (tertiary/aromatic N) is 1. The van der Waals surface area contributed by atoms with Crippen molar-refractivity contribution in [1.29, 1.82) is 0 Å². The maximum Gasteiger partial charge on any atom is 0.0283 e. The van der Waals surface area contributed by atoms with Gasteiger partial charge in [-0.1, -0.05) is 0 Å². The first-order valence-corrected chi connectivity index (χ1v) is 6.02. The predicted molar refractivity (Wildman–Crippen MR) is 60.5 cm³/mol. The molecule has 2 heteroatoms. The number of fused-ring (bicyclic) bond motifs is 2. The monoisotopic (exact) mass is 196 g/mol. The molecule has 2 aliphatic rings. The van der Waals surface area contributed by atoms with Gasteiger partial charge in [-0.05, 0) is 47.0 Å². The highest BCUT2D eigenvalue weighted by Gasteiger charge is 2.41. The van der Waals surface area contributed by atoms with Crippen LogP contribution in [0.25, 0.3) is 0 Å². The van der Waals surface area contributed by atoms with Crippen molar-refractivity contribution < 1.29 is 0 Å². The van der Waals surface area contributed by atoms with Crippen molar-refractivity contribution in [3.63, 3.8) is 0 Å². The van der Waals surface area contributed by atoms with E-state index in [4.69, 9.17) is 0 Å². The van der Waals surface area contributed by atoms with E-state index in [2.05, 4.69) is 37.9 Å². The molecular weight excluding hydrogens is 172 g/mol. The van der Waals surface area contributed by atoms with Gasteiger partial charge >= 0.3 is 0 Å². The summed E-state index contributed by atoms with van der Waals surface area (Å²) in [6.07, 6.45) is 4.13. The second-order valence-corrected chi connectivity index (χ2v) is 5.86. The molecule has 0 radical (unpaired) electrons. The van der Waals surface area contributed by atoms with Crippen LogP contribution in [0.1, 0.15) is 47.0 Å². The topological polar surface area (TPSA) is 15.3 Å². The van der Waals surface area contributed by atoms with Gasteiger partial charge in [0.1, 0.15) is 0 Å². The third-order valence-corrected chi connectivity index (χ3v) is 3.88. The van der Waals surface area contributed by atoms with Gasteiger partial charge < -0.3 is 5.32 Å². The van der Waals surface area contributed by atoms with E-state index >= 15 is 0 Å². The minimum atomic E-state index is 0.327. The Labute approximate surface area is 88.1 Å². The van der Waals surface area contributed by atoms with Gasteiger partial charge in [0.15, 0.2) is 0 Å². The Morgan fingerprint density at radius 1 is 1.29 bits per heavy atom. The summed E-state index contributed by atoms with van der Waals surface area (Å²) < 4.78 is 0. The molecule has 0 aromatic carbocycles. The molecule has 2 atom stereocenters. The average molecular weight is 196 g/mol. The molecule has 2 nitrogen and oxygen atoms in total. The van der Waals surface area contributed by atoms with Crippen molar-refractivity contribution in [2.45, 2.75) is 70.6 Å². The minimum absolute atomic E-state index is 0.327. The Balaban J connectivity index is 2.21. The quantitative estimate of drug-likeness (QED) is 0.690. The van der Waals surface area contributed by atoms with Gasteiger partial charge in [0, 0.05) is 30.2 Å². The standard InChI is InChI=1S/C12H24N2/c1-9(2)14-11-6-5-10(7-11)13-8-12(14,3)4/h9-11,13H,5-8H2,1-4H3. The van der Waals surface area contributed by atoms with Crippen LogP contribution in [0.5, 0.6) is 0 Å². The predicted octanol–water partition coefficient (Wildman–Crippen LogP) is 2.00. The molecule has 1 heterocycles. The van der Waals surface area contributed by atoms with Gasteiger partial charge in [0.2, 0.25) is 0 Å². The fourth-order valence-electron chi connectivity index (χ4n) is 3.50. The first-order chi connectivity index (χ1) is 6.50. The lowest BCUT2D eigenvalue weighted by Crippen LogP contribution is -2.56. The number of rotatable bonds is 1. The summed E-state index contributed by atoms with van der Waals surface area (Å²) in [7, 11) is 0. The second kappa shape index (κ2) is 3.49. The summed E-state index contributed by atoms with van der Waals surface area (Å²) >= 11 is 0.